The van der Waals surface area contributed by atoms with Crippen molar-refractivity contribution in [3.63, 3.8) is 0 Å². The molecule has 0 amide bonds. The number of halogens is 1. The number of hydrogen-bond donors (Lipinski definition) is 1. The summed E-state index contributed by atoms with van der Waals surface area (Å²) in [5.41, 5.74) is 1.12. The molecule has 1 aromatic rings. The van der Waals surface area contributed by atoms with E-state index in [1.54, 1.807) is 6.92 Å². The fourth-order valence-electron chi connectivity index (χ4n) is 1.58. The topological polar surface area (TPSA) is 29.1 Å². The zero-order valence-corrected chi connectivity index (χ0v) is 10.7. The molecule has 0 bridgehead atoms. The normalized spacial score (nSPS) is 12.8. The van der Waals surface area contributed by atoms with E-state index in [0.29, 0.717) is 12.5 Å². The molecule has 1 N–H and O–H groups in total. The first-order valence-corrected chi connectivity index (χ1v) is 5.87. The van der Waals surface area contributed by atoms with Crippen LogP contribution in [-0.4, -0.2) is 17.9 Å². The van der Waals surface area contributed by atoms with Gasteiger partial charge in [-0.25, -0.2) is 0 Å². The predicted molar refractivity (Wildman–Crippen MR) is 67.9 cm³/mol. The molecule has 16 heavy (non-hydrogen) atoms. The predicted octanol–water partition coefficient (Wildman–Crippen LogP) is 2.84. The molecule has 0 radical (unpaired) electrons. The van der Waals surface area contributed by atoms with Crippen LogP contribution in [0.2, 0.25) is 5.02 Å². The summed E-state index contributed by atoms with van der Waals surface area (Å²) < 4.78 is 0. The van der Waals surface area contributed by atoms with Crippen molar-refractivity contribution in [2.45, 2.75) is 39.3 Å². The number of hydrogen-bond acceptors (Lipinski definition) is 2. The van der Waals surface area contributed by atoms with Crippen LogP contribution in [0.3, 0.4) is 0 Å². The van der Waals surface area contributed by atoms with E-state index >= 15 is 0 Å². The van der Waals surface area contributed by atoms with Crippen molar-refractivity contribution < 1.29 is 4.79 Å². The highest BCUT2D eigenvalue weighted by Crippen LogP contribution is 2.11. The van der Waals surface area contributed by atoms with Gasteiger partial charge >= 0.3 is 0 Å². The highest BCUT2D eigenvalue weighted by Gasteiger charge is 2.15. The smallest absolute Gasteiger partial charge is 0.147 e. The first-order chi connectivity index (χ1) is 7.49. The van der Waals surface area contributed by atoms with Crippen molar-refractivity contribution in [2.24, 2.45) is 0 Å². The molecule has 0 saturated heterocycles. The summed E-state index contributed by atoms with van der Waals surface area (Å²) in [6.07, 6.45) is 0.713. The second-order valence-electron chi connectivity index (χ2n) is 4.32. The molecule has 0 aliphatic carbocycles. The van der Waals surface area contributed by atoms with Crippen LogP contribution in [0.5, 0.6) is 0 Å². The monoisotopic (exact) mass is 239 g/mol. The van der Waals surface area contributed by atoms with Gasteiger partial charge in [0.05, 0.1) is 6.04 Å². The summed E-state index contributed by atoms with van der Waals surface area (Å²) in [5.74, 6) is 0.170. The summed E-state index contributed by atoms with van der Waals surface area (Å²) in [6.45, 7) is 5.70. The number of ketones is 1. The minimum absolute atomic E-state index is 0.110. The molecular weight excluding hydrogens is 222 g/mol. The van der Waals surface area contributed by atoms with Crippen molar-refractivity contribution in [2.75, 3.05) is 0 Å². The lowest BCUT2D eigenvalue weighted by Crippen LogP contribution is -2.41. The van der Waals surface area contributed by atoms with Gasteiger partial charge in [0.1, 0.15) is 5.78 Å². The van der Waals surface area contributed by atoms with Crippen molar-refractivity contribution in [3.05, 3.63) is 34.9 Å². The Hall–Kier alpha value is -0.860. The molecule has 0 aliphatic heterocycles. The van der Waals surface area contributed by atoms with Gasteiger partial charge in [-0.2, -0.15) is 0 Å². The third-order valence-corrected chi connectivity index (χ3v) is 2.63. The molecule has 0 spiro atoms. The van der Waals surface area contributed by atoms with Gasteiger partial charge in [0.15, 0.2) is 0 Å². The third-order valence-electron chi connectivity index (χ3n) is 2.38. The first kappa shape index (κ1) is 13.2. The minimum atomic E-state index is -0.110. The minimum Gasteiger partial charge on any atom is -0.305 e. The summed E-state index contributed by atoms with van der Waals surface area (Å²) in [4.78, 5) is 11.5. The molecule has 0 aliphatic rings. The van der Waals surface area contributed by atoms with Gasteiger partial charge in [0.2, 0.25) is 0 Å². The zero-order valence-electron chi connectivity index (χ0n) is 9.96. The van der Waals surface area contributed by atoms with E-state index < -0.39 is 0 Å². The van der Waals surface area contributed by atoms with Gasteiger partial charge < -0.3 is 5.32 Å². The lowest BCUT2D eigenvalue weighted by atomic mass is 10.0. The Morgan fingerprint density at radius 1 is 1.31 bits per heavy atom. The second-order valence-corrected chi connectivity index (χ2v) is 4.75. The zero-order chi connectivity index (χ0) is 12.1. The third kappa shape index (κ3) is 4.33. The van der Waals surface area contributed by atoms with Crippen molar-refractivity contribution in [3.8, 4) is 0 Å². The maximum absolute atomic E-state index is 11.5. The second kappa shape index (κ2) is 6.02. The number of nitrogens with one attached hydrogen (secondary N) is 1. The van der Waals surface area contributed by atoms with Crippen molar-refractivity contribution >= 4 is 17.4 Å². The van der Waals surface area contributed by atoms with Crippen LogP contribution < -0.4 is 5.32 Å². The van der Waals surface area contributed by atoms with E-state index in [1.807, 2.05) is 38.1 Å². The molecule has 88 valence electrons. The Morgan fingerprint density at radius 3 is 2.31 bits per heavy atom. The highest BCUT2D eigenvalue weighted by molar-refractivity contribution is 6.30. The van der Waals surface area contributed by atoms with Gasteiger partial charge in [0.25, 0.3) is 0 Å². The van der Waals surface area contributed by atoms with Gasteiger partial charge in [-0.1, -0.05) is 37.6 Å². The molecule has 1 aromatic carbocycles. The molecule has 0 fully saturated rings. The van der Waals surface area contributed by atoms with Gasteiger partial charge in [0, 0.05) is 11.1 Å². The number of carbonyl (C=O) groups is 1. The highest BCUT2D eigenvalue weighted by atomic mass is 35.5. The van der Waals surface area contributed by atoms with Crippen LogP contribution in [0.25, 0.3) is 0 Å². The first-order valence-electron chi connectivity index (χ1n) is 5.50. The van der Waals surface area contributed by atoms with Crippen LogP contribution >= 0.6 is 11.6 Å². The van der Waals surface area contributed by atoms with E-state index in [9.17, 15) is 4.79 Å². The Kier molecular flexibility index (Phi) is 4.97. The quantitative estimate of drug-likeness (QED) is 0.856. The molecule has 2 nitrogen and oxygen atoms in total. The number of rotatable bonds is 5. The van der Waals surface area contributed by atoms with E-state index in [0.717, 1.165) is 10.6 Å². The van der Waals surface area contributed by atoms with Crippen LogP contribution in [0.15, 0.2) is 24.3 Å². The summed E-state index contributed by atoms with van der Waals surface area (Å²) in [7, 11) is 0. The molecule has 1 atom stereocenters. The standard InChI is InChI=1S/C13H18ClNO/c1-9(2)15-13(10(3)16)8-11-4-6-12(14)7-5-11/h4-7,9,13,15H,8H2,1-3H3/t13-/m1/s1. The average Bonchev–Trinajstić information content (AvgIpc) is 2.19. The number of Topliss-reactive ketones (excluding diaryl/α,β-unsaturated/α-hetero) is 1. The van der Waals surface area contributed by atoms with Crippen LogP contribution in [-0.2, 0) is 11.2 Å². The molecule has 0 heterocycles. The maximum Gasteiger partial charge on any atom is 0.147 e. The van der Waals surface area contributed by atoms with E-state index in [4.69, 9.17) is 11.6 Å². The van der Waals surface area contributed by atoms with Crippen molar-refractivity contribution in [1.82, 2.24) is 5.32 Å². The van der Waals surface area contributed by atoms with Crippen LogP contribution in [0.4, 0.5) is 0 Å². The Labute approximate surface area is 102 Å². The average molecular weight is 240 g/mol. The van der Waals surface area contributed by atoms with Gasteiger partial charge in [-0.15, -0.1) is 0 Å². The van der Waals surface area contributed by atoms with Crippen molar-refractivity contribution in [1.29, 1.82) is 0 Å². The van der Waals surface area contributed by atoms with Crippen LogP contribution in [0.1, 0.15) is 26.3 Å². The fourth-order valence-corrected chi connectivity index (χ4v) is 1.70. The molecule has 0 aromatic heterocycles. The fraction of sp³-hybridized carbons (Fsp3) is 0.462. The summed E-state index contributed by atoms with van der Waals surface area (Å²) in [6, 6.07) is 7.82. The number of carbonyl (C=O) groups excluding carboxylic acids is 1. The Morgan fingerprint density at radius 2 is 1.88 bits per heavy atom. The summed E-state index contributed by atoms with van der Waals surface area (Å²) >= 11 is 5.81. The Bertz CT molecular complexity index is 345. The maximum atomic E-state index is 11.5. The largest absolute Gasteiger partial charge is 0.305 e. The molecule has 1 rings (SSSR count). The lowest BCUT2D eigenvalue weighted by Gasteiger charge is -2.18. The Balaban J connectivity index is 2.68. The van der Waals surface area contributed by atoms with Crippen LogP contribution in [0, 0.1) is 0 Å². The molecular formula is C13H18ClNO. The summed E-state index contributed by atoms with van der Waals surface area (Å²) in [5, 5.41) is 3.98. The van der Waals surface area contributed by atoms with Gasteiger partial charge in [-0.05, 0) is 31.0 Å². The SMILES string of the molecule is CC(=O)[C@@H](Cc1ccc(Cl)cc1)NC(C)C. The van der Waals surface area contributed by atoms with E-state index in [-0.39, 0.29) is 11.8 Å². The molecule has 0 unspecified atom stereocenters. The molecule has 0 saturated carbocycles. The van der Waals surface area contributed by atoms with E-state index in [1.165, 1.54) is 0 Å². The lowest BCUT2D eigenvalue weighted by molar-refractivity contribution is -0.119. The molecule has 3 heteroatoms. The van der Waals surface area contributed by atoms with Gasteiger partial charge in [-0.3, -0.25) is 4.79 Å². The number of benzene rings is 1. The van der Waals surface area contributed by atoms with E-state index in [2.05, 4.69) is 5.32 Å².